The molecule has 1 amide bonds. The summed E-state index contributed by atoms with van der Waals surface area (Å²) in [7, 11) is 1.62. The fourth-order valence-corrected chi connectivity index (χ4v) is 2.61. The fraction of sp³-hybridized carbons (Fsp3) is 0.429. The van der Waals surface area contributed by atoms with Gasteiger partial charge < -0.3 is 19.8 Å². The van der Waals surface area contributed by atoms with E-state index < -0.39 is 5.76 Å². The Morgan fingerprint density at radius 1 is 1.45 bits per heavy atom. The van der Waals surface area contributed by atoms with Gasteiger partial charge in [0.15, 0.2) is 5.58 Å². The molecule has 0 bridgehead atoms. The number of para-hydroxylation sites is 2. The highest BCUT2D eigenvalue weighted by molar-refractivity contribution is 5.85. The number of nitrogens with zero attached hydrogens (tertiary/aromatic N) is 1. The smallest absolute Gasteiger partial charge is 0.408 e. The molecule has 1 unspecified atom stereocenters. The monoisotopic (exact) mass is 327 g/mol. The fourth-order valence-electron chi connectivity index (χ4n) is 2.61. The second-order valence-corrected chi connectivity index (χ2v) is 5.03. The third-order valence-electron chi connectivity index (χ3n) is 3.68. The number of carbonyl (C=O) groups excluding carboxylic acids is 1. The number of hydrogen-bond donors (Lipinski definition) is 2. The van der Waals surface area contributed by atoms with Crippen LogP contribution in [0.15, 0.2) is 33.5 Å². The standard InChI is InChI=1S/C14H17N3O4.ClH/c1-20-12-7-15-6-9(12)16-13(18)8-17-10-4-2-3-5-11(10)21-14(17)19;/h2-5,9,12,15H,6-8H2,1H3,(H,16,18);1H/t9?,12-;/m0./s1. The zero-order valence-corrected chi connectivity index (χ0v) is 12.9. The van der Waals surface area contributed by atoms with Crippen molar-refractivity contribution in [2.24, 2.45) is 0 Å². The van der Waals surface area contributed by atoms with Crippen LogP contribution >= 0.6 is 12.4 Å². The average molecular weight is 328 g/mol. The Morgan fingerprint density at radius 2 is 2.23 bits per heavy atom. The Kier molecular flexibility index (Phi) is 5.23. The van der Waals surface area contributed by atoms with Crippen LogP contribution in [-0.4, -0.2) is 42.8 Å². The van der Waals surface area contributed by atoms with Crippen molar-refractivity contribution >= 4 is 29.4 Å². The van der Waals surface area contributed by atoms with Gasteiger partial charge >= 0.3 is 5.76 Å². The number of fused-ring (bicyclic) bond motifs is 1. The van der Waals surface area contributed by atoms with E-state index in [9.17, 15) is 9.59 Å². The number of amides is 1. The van der Waals surface area contributed by atoms with Gasteiger partial charge in [0, 0.05) is 20.2 Å². The zero-order chi connectivity index (χ0) is 14.8. The molecule has 2 atom stereocenters. The van der Waals surface area contributed by atoms with Crippen LogP contribution in [0.5, 0.6) is 0 Å². The molecule has 1 aliphatic heterocycles. The van der Waals surface area contributed by atoms with E-state index in [-0.39, 0.29) is 37.0 Å². The molecular weight excluding hydrogens is 310 g/mol. The lowest BCUT2D eigenvalue weighted by molar-refractivity contribution is -0.123. The molecule has 1 aromatic heterocycles. The SMILES string of the molecule is CO[C@H]1CNCC1NC(=O)Cn1c(=O)oc2ccccc21.Cl. The van der Waals surface area contributed by atoms with Gasteiger partial charge in [0.2, 0.25) is 5.91 Å². The van der Waals surface area contributed by atoms with Crippen LogP contribution in [0.25, 0.3) is 11.1 Å². The summed E-state index contributed by atoms with van der Waals surface area (Å²) in [6, 6.07) is 6.95. The summed E-state index contributed by atoms with van der Waals surface area (Å²) in [5.74, 6) is -0.765. The van der Waals surface area contributed by atoms with Gasteiger partial charge in [0.25, 0.3) is 0 Å². The Morgan fingerprint density at radius 3 is 3.00 bits per heavy atom. The van der Waals surface area contributed by atoms with Crippen LogP contribution in [0.3, 0.4) is 0 Å². The highest BCUT2D eigenvalue weighted by Crippen LogP contribution is 2.11. The minimum Gasteiger partial charge on any atom is -0.408 e. The first-order valence-electron chi connectivity index (χ1n) is 6.80. The minimum atomic E-state index is -0.529. The maximum Gasteiger partial charge on any atom is 0.420 e. The van der Waals surface area contributed by atoms with Crippen molar-refractivity contribution < 1.29 is 13.9 Å². The van der Waals surface area contributed by atoms with Crippen molar-refractivity contribution in [3.05, 3.63) is 34.8 Å². The molecule has 1 saturated heterocycles. The van der Waals surface area contributed by atoms with Gasteiger partial charge in [-0.05, 0) is 12.1 Å². The van der Waals surface area contributed by atoms with Crippen LogP contribution in [0, 0.1) is 0 Å². The molecular formula is C14H18ClN3O4. The number of benzene rings is 1. The summed E-state index contributed by atoms with van der Waals surface area (Å²) >= 11 is 0. The van der Waals surface area contributed by atoms with E-state index in [0.717, 1.165) is 0 Å². The maximum absolute atomic E-state index is 12.1. The largest absolute Gasteiger partial charge is 0.420 e. The number of oxazole rings is 1. The molecule has 2 heterocycles. The summed E-state index contributed by atoms with van der Waals surface area (Å²) in [5.41, 5.74) is 1.10. The normalized spacial score (nSPS) is 20.8. The molecule has 0 spiro atoms. The summed E-state index contributed by atoms with van der Waals surface area (Å²) in [6.45, 7) is 1.30. The van der Waals surface area contributed by atoms with E-state index in [1.807, 2.05) is 0 Å². The molecule has 0 saturated carbocycles. The van der Waals surface area contributed by atoms with E-state index in [4.69, 9.17) is 9.15 Å². The van der Waals surface area contributed by atoms with Crippen molar-refractivity contribution in [2.45, 2.75) is 18.7 Å². The molecule has 7 nitrogen and oxygen atoms in total. The number of halogens is 1. The number of ether oxygens (including phenoxy) is 1. The van der Waals surface area contributed by atoms with Gasteiger partial charge in [0.1, 0.15) is 6.54 Å². The molecule has 3 rings (SSSR count). The van der Waals surface area contributed by atoms with Gasteiger partial charge in [-0.2, -0.15) is 0 Å². The topological polar surface area (TPSA) is 85.5 Å². The van der Waals surface area contributed by atoms with Gasteiger partial charge in [-0.3, -0.25) is 9.36 Å². The third-order valence-corrected chi connectivity index (χ3v) is 3.68. The van der Waals surface area contributed by atoms with Crippen LogP contribution in [0.2, 0.25) is 0 Å². The van der Waals surface area contributed by atoms with Gasteiger partial charge in [-0.15, -0.1) is 12.4 Å². The summed E-state index contributed by atoms with van der Waals surface area (Å²) in [6.07, 6.45) is -0.0493. The quantitative estimate of drug-likeness (QED) is 0.833. The number of nitrogens with one attached hydrogen (secondary N) is 2. The number of methoxy groups -OCH3 is 1. The predicted molar refractivity (Wildman–Crippen MR) is 83.3 cm³/mol. The van der Waals surface area contributed by atoms with Gasteiger partial charge in [0.05, 0.1) is 17.7 Å². The molecule has 0 radical (unpaired) electrons. The van der Waals surface area contributed by atoms with E-state index in [2.05, 4.69) is 10.6 Å². The zero-order valence-electron chi connectivity index (χ0n) is 12.1. The average Bonchev–Trinajstić information content (AvgIpc) is 3.04. The molecule has 1 aromatic carbocycles. The van der Waals surface area contributed by atoms with Crippen molar-refractivity contribution in [3.8, 4) is 0 Å². The lowest BCUT2D eigenvalue weighted by atomic mass is 10.2. The lowest BCUT2D eigenvalue weighted by Gasteiger charge is -2.18. The van der Waals surface area contributed by atoms with E-state index >= 15 is 0 Å². The highest BCUT2D eigenvalue weighted by Gasteiger charge is 2.28. The number of carbonyl (C=O) groups is 1. The molecule has 8 heteroatoms. The molecule has 1 fully saturated rings. The summed E-state index contributed by atoms with van der Waals surface area (Å²) in [4.78, 5) is 23.9. The van der Waals surface area contributed by atoms with E-state index in [1.165, 1.54) is 4.57 Å². The lowest BCUT2D eigenvalue weighted by Crippen LogP contribution is -2.45. The molecule has 120 valence electrons. The van der Waals surface area contributed by atoms with Gasteiger partial charge in [-0.25, -0.2) is 4.79 Å². The van der Waals surface area contributed by atoms with Crippen molar-refractivity contribution in [2.75, 3.05) is 20.2 Å². The molecule has 2 aromatic rings. The predicted octanol–water partition coefficient (Wildman–Crippen LogP) is 0.119. The van der Waals surface area contributed by atoms with E-state index in [1.54, 1.807) is 31.4 Å². The Hall–Kier alpha value is -1.83. The van der Waals surface area contributed by atoms with Crippen molar-refractivity contribution in [3.63, 3.8) is 0 Å². The van der Waals surface area contributed by atoms with Crippen LogP contribution in [0.4, 0.5) is 0 Å². The minimum absolute atomic E-state index is 0. The second kappa shape index (κ2) is 6.95. The number of aromatic nitrogens is 1. The molecule has 1 aliphatic rings. The Balaban J connectivity index is 0.00000176. The summed E-state index contributed by atoms with van der Waals surface area (Å²) in [5, 5.41) is 6.03. The summed E-state index contributed by atoms with van der Waals surface area (Å²) < 4.78 is 11.7. The van der Waals surface area contributed by atoms with Crippen molar-refractivity contribution in [1.29, 1.82) is 0 Å². The van der Waals surface area contributed by atoms with Crippen molar-refractivity contribution in [1.82, 2.24) is 15.2 Å². The van der Waals surface area contributed by atoms with Crippen LogP contribution in [0.1, 0.15) is 0 Å². The third kappa shape index (κ3) is 3.16. The molecule has 0 aliphatic carbocycles. The molecule has 22 heavy (non-hydrogen) atoms. The van der Waals surface area contributed by atoms with Crippen LogP contribution < -0.4 is 16.4 Å². The molecule has 2 N–H and O–H groups in total. The van der Waals surface area contributed by atoms with Crippen LogP contribution in [-0.2, 0) is 16.1 Å². The first-order chi connectivity index (χ1) is 10.2. The maximum atomic E-state index is 12.1. The Bertz CT molecular complexity index is 711. The Labute approximate surface area is 133 Å². The number of rotatable bonds is 4. The first-order valence-corrected chi connectivity index (χ1v) is 6.80. The number of hydrogen-bond acceptors (Lipinski definition) is 5. The second-order valence-electron chi connectivity index (χ2n) is 5.03. The van der Waals surface area contributed by atoms with E-state index in [0.29, 0.717) is 24.2 Å². The first kappa shape index (κ1) is 16.5. The highest BCUT2D eigenvalue weighted by atomic mass is 35.5. The van der Waals surface area contributed by atoms with Gasteiger partial charge in [-0.1, -0.05) is 12.1 Å².